The van der Waals surface area contributed by atoms with Gasteiger partial charge in [0.25, 0.3) is 0 Å². The van der Waals surface area contributed by atoms with E-state index in [0.29, 0.717) is 11.1 Å². The zero-order chi connectivity index (χ0) is 36.6. The maximum absolute atomic E-state index is 14.1. The second-order valence-corrected chi connectivity index (χ2v) is 12.8. The standard InChI is InChI=1S/C40H40N6O6/c41-31(18-24-8-2-1-3-9-24)37(48)44-34(19-25-14-16-28(47)17-15-25)38(49)45-35(20-26-22-42-32-12-6-4-10-29(26)32)39(50)46-36(40(51)52)21-27-23-43-33-13-7-5-11-30(27)33/h1-17,22-23,31,34-36,42-43,47H,18-21,41H2,(H,44,48)(H,45,49)(H,46,50)(H,51,52). The van der Waals surface area contributed by atoms with E-state index < -0.39 is 47.9 Å². The number of carboxylic acid groups (broad SMARTS) is 1. The highest BCUT2D eigenvalue weighted by molar-refractivity contribution is 5.95. The molecule has 9 N–H and O–H groups in total. The Labute approximate surface area is 299 Å². The van der Waals surface area contributed by atoms with Crippen molar-refractivity contribution < 1.29 is 29.4 Å². The molecule has 3 amide bonds. The lowest BCUT2D eigenvalue weighted by atomic mass is 10.00. The Bertz CT molecular complexity index is 2180. The molecule has 4 unspecified atom stereocenters. The zero-order valence-electron chi connectivity index (χ0n) is 28.2. The van der Waals surface area contributed by atoms with Crippen LogP contribution in [0.2, 0.25) is 0 Å². The minimum atomic E-state index is -1.31. The first-order valence-electron chi connectivity index (χ1n) is 17.0. The number of aromatic amines is 2. The van der Waals surface area contributed by atoms with Crippen LogP contribution in [0, 0.1) is 0 Å². The summed E-state index contributed by atoms with van der Waals surface area (Å²) in [6, 6.07) is 25.7. The molecule has 266 valence electrons. The molecule has 52 heavy (non-hydrogen) atoms. The topological polar surface area (TPSA) is 202 Å². The summed E-state index contributed by atoms with van der Waals surface area (Å²) in [7, 11) is 0. The van der Waals surface area contributed by atoms with Gasteiger partial charge < -0.3 is 41.9 Å². The van der Waals surface area contributed by atoms with Crippen molar-refractivity contribution in [2.45, 2.75) is 49.9 Å². The lowest BCUT2D eigenvalue weighted by molar-refractivity contribution is -0.142. The highest BCUT2D eigenvalue weighted by atomic mass is 16.4. The summed E-state index contributed by atoms with van der Waals surface area (Å²) in [5, 5.41) is 29.9. The third kappa shape index (κ3) is 8.66. The van der Waals surface area contributed by atoms with E-state index in [1.165, 1.54) is 12.1 Å². The quantitative estimate of drug-likeness (QED) is 0.0801. The smallest absolute Gasteiger partial charge is 0.326 e. The third-order valence-electron chi connectivity index (χ3n) is 9.09. The van der Waals surface area contributed by atoms with Crippen molar-refractivity contribution in [2.24, 2.45) is 5.73 Å². The Balaban J connectivity index is 1.26. The van der Waals surface area contributed by atoms with Crippen LogP contribution in [0.15, 0.2) is 116 Å². The Hall–Kier alpha value is -6.40. The number of rotatable bonds is 15. The van der Waals surface area contributed by atoms with Gasteiger partial charge in [-0.25, -0.2) is 4.79 Å². The molecule has 12 nitrogen and oxygen atoms in total. The molecule has 0 radical (unpaired) electrons. The minimum Gasteiger partial charge on any atom is -0.508 e. The number of fused-ring (bicyclic) bond motifs is 2. The van der Waals surface area contributed by atoms with Gasteiger partial charge >= 0.3 is 5.97 Å². The molecule has 0 aliphatic rings. The number of nitrogens with one attached hydrogen (secondary N) is 5. The molecule has 0 saturated heterocycles. The molecule has 4 aromatic carbocycles. The number of phenolic OH excluding ortho intramolecular Hbond substituents is 1. The van der Waals surface area contributed by atoms with Crippen LogP contribution in [-0.4, -0.2) is 68.0 Å². The number of carboxylic acids is 1. The van der Waals surface area contributed by atoms with Crippen LogP contribution in [-0.2, 0) is 44.9 Å². The van der Waals surface area contributed by atoms with E-state index in [1.807, 2.05) is 78.9 Å². The average molecular weight is 701 g/mol. The number of aromatic hydroxyl groups is 1. The third-order valence-corrected chi connectivity index (χ3v) is 9.09. The number of carbonyl (C=O) groups is 4. The normalized spacial score (nSPS) is 13.6. The summed E-state index contributed by atoms with van der Waals surface area (Å²) in [5.41, 5.74) is 10.9. The van der Waals surface area contributed by atoms with Gasteiger partial charge in [0.2, 0.25) is 17.7 Å². The number of amides is 3. The van der Waals surface area contributed by atoms with E-state index in [-0.39, 0.29) is 31.4 Å². The predicted octanol–water partition coefficient (Wildman–Crippen LogP) is 3.49. The number of aromatic nitrogens is 2. The summed E-state index contributed by atoms with van der Waals surface area (Å²) in [6.07, 6.45) is 3.74. The molecule has 0 saturated carbocycles. The van der Waals surface area contributed by atoms with E-state index in [2.05, 4.69) is 25.9 Å². The predicted molar refractivity (Wildman–Crippen MR) is 197 cm³/mol. The van der Waals surface area contributed by atoms with Gasteiger partial charge in [0, 0.05) is 53.5 Å². The molecule has 0 spiro atoms. The van der Waals surface area contributed by atoms with Gasteiger partial charge in [-0.05, 0) is 52.9 Å². The summed E-state index contributed by atoms with van der Waals surface area (Å²) in [6.45, 7) is 0. The average Bonchev–Trinajstić information content (AvgIpc) is 3.75. The molecule has 2 aromatic heterocycles. The number of hydrogen-bond acceptors (Lipinski definition) is 6. The van der Waals surface area contributed by atoms with E-state index in [9.17, 15) is 29.4 Å². The minimum absolute atomic E-state index is 0.00231. The molecule has 6 aromatic rings. The summed E-state index contributed by atoms with van der Waals surface area (Å²) >= 11 is 0. The highest BCUT2D eigenvalue weighted by Crippen LogP contribution is 2.21. The SMILES string of the molecule is NC(Cc1ccccc1)C(=O)NC(Cc1ccc(O)cc1)C(=O)NC(Cc1c[nH]c2ccccc12)C(=O)NC(Cc1c[nH]c2ccccc12)C(=O)O. The molecule has 6 rings (SSSR count). The van der Waals surface area contributed by atoms with Crippen molar-refractivity contribution in [1.29, 1.82) is 0 Å². The van der Waals surface area contributed by atoms with Crippen molar-refractivity contribution in [2.75, 3.05) is 0 Å². The molecule has 4 atom stereocenters. The van der Waals surface area contributed by atoms with Gasteiger partial charge in [-0.1, -0.05) is 78.9 Å². The van der Waals surface area contributed by atoms with Crippen molar-refractivity contribution in [3.8, 4) is 5.75 Å². The molecule has 12 heteroatoms. The van der Waals surface area contributed by atoms with Gasteiger partial charge in [-0.3, -0.25) is 14.4 Å². The van der Waals surface area contributed by atoms with E-state index in [0.717, 1.165) is 32.9 Å². The van der Waals surface area contributed by atoms with Crippen LogP contribution in [0.4, 0.5) is 0 Å². The molecular formula is C40H40N6O6. The summed E-state index contributed by atoms with van der Waals surface area (Å²) in [5.74, 6) is -3.14. The molecule has 0 aliphatic carbocycles. The molecule has 0 bridgehead atoms. The van der Waals surface area contributed by atoms with Crippen LogP contribution in [0.3, 0.4) is 0 Å². The first-order valence-corrected chi connectivity index (χ1v) is 17.0. The van der Waals surface area contributed by atoms with Gasteiger partial charge in [-0.15, -0.1) is 0 Å². The number of aliphatic carboxylic acids is 1. The van der Waals surface area contributed by atoms with Gasteiger partial charge in [0.15, 0.2) is 0 Å². The van der Waals surface area contributed by atoms with Crippen LogP contribution in [0.1, 0.15) is 22.3 Å². The van der Waals surface area contributed by atoms with Crippen molar-refractivity contribution in [1.82, 2.24) is 25.9 Å². The molecule has 2 heterocycles. The maximum atomic E-state index is 14.1. The Morgan fingerprint density at radius 1 is 0.558 bits per heavy atom. The number of carbonyl (C=O) groups excluding carboxylic acids is 3. The van der Waals surface area contributed by atoms with E-state index in [4.69, 9.17) is 5.73 Å². The molecule has 0 fully saturated rings. The summed E-state index contributed by atoms with van der Waals surface area (Å²) < 4.78 is 0. The van der Waals surface area contributed by atoms with Crippen LogP contribution < -0.4 is 21.7 Å². The van der Waals surface area contributed by atoms with Crippen LogP contribution in [0.25, 0.3) is 21.8 Å². The second kappa shape index (κ2) is 16.1. The first-order chi connectivity index (χ1) is 25.1. The largest absolute Gasteiger partial charge is 0.508 e. The number of phenols is 1. The Morgan fingerprint density at radius 2 is 1.02 bits per heavy atom. The lowest BCUT2D eigenvalue weighted by Gasteiger charge is -2.25. The van der Waals surface area contributed by atoms with Gasteiger partial charge in [-0.2, -0.15) is 0 Å². The van der Waals surface area contributed by atoms with Crippen molar-refractivity contribution in [3.05, 3.63) is 138 Å². The zero-order valence-corrected chi connectivity index (χ0v) is 28.2. The fourth-order valence-corrected chi connectivity index (χ4v) is 6.31. The second-order valence-electron chi connectivity index (χ2n) is 12.8. The number of hydrogen-bond donors (Lipinski definition) is 8. The Morgan fingerprint density at radius 3 is 1.60 bits per heavy atom. The van der Waals surface area contributed by atoms with E-state index >= 15 is 0 Å². The summed E-state index contributed by atoms with van der Waals surface area (Å²) in [4.78, 5) is 60.4. The molecule has 0 aliphatic heterocycles. The fraction of sp³-hybridized carbons (Fsp3) is 0.200. The lowest BCUT2D eigenvalue weighted by Crippen LogP contribution is -2.58. The maximum Gasteiger partial charge on any atom is 0.326 e. The number of nitrogens with two attached hydrogens (primary N) is 1. The highest BCUT2D eigenvalue weighted by Gasteiger charge is 2.32. The monoisotopic (exact) mass is 700 g/mol. The fourth-order valence-electron chi connectivity index (χ4n) is 6.31. The van der Waals surface area contributed by atoms with Crippen molar-refractivity contribution in [3.63, 3.8) is 0 Å². The Kier molecular flexibility index (Phi) is 11.0. The first kappa shape index (κ1) is 35.4. The number of H-pyrrole nitrogens is 2. The van der Waals surface area contributed by atoms with Crippen LogP contribution >= 0.6 is 0 Å². The number of benzene rings is 4. The van der Waals surface area contributed by atoms with E-state index in [1.54, 1.807) is 24.5 Å². The van der Waals surface area contributed by atoms with Crippen LogP contribution in [0.5, 0.6) is 5.75 Å². The number of para-hydroxylation sites is 2. The molecular weight excluding hydrogens is 660 g/mol. The van der Waals surface area contributed by atoms with Gasteiger partial charge in [0.05, 0.1) is 6.04 Å². The van der Waals surface area contributed by atoms with Crippen molar-refractivity contribution >= 4 is 45.5 Å². The van der Waals surface area contributed by atoms with Gasteiger partial charge in [0.1, 0.15) is 23.9 Å².